The summed E-state index contributed by atoms with van der Waals surface area (Å²) in [6, 6.07) is 15.5. The van der Waals surface area contributed by atoms with Gasteiger partial charge in [-0.05, 0) is 42.0 Å². The molecule has 0 bridgehead atoms. The van der Waals surface area contributed by atoms with Gasteiger partial charge in [-0.25, -0.2) is 18.4 Å². The van der Waals surface area contributed by atoms with Gasteiger partial charge in [0.25, 0.3) is 15.9 Å². The first-order chi connectivity index (χ1) is 16.9. The van der Waals surface area contributed by atoms with E-state index in [9.17, 15) is 18.0 Å². The maximum absolute atomic E-state index is 12.8. The van der Waals surface area contributed by atoms with Crippen molar-refractivity contribution in [3.63, 3.8) is 0 Å². The van der Waals surface area contributed by atoms with Crippen LogP contribution < -0.4 is 9.62 Å². The number of carbonyl (C=O) groups excluding carboxylic acids is 2. The number of benzene rings is 2. The van der Waals surface area contributed by atoms with Crippen molar-refractivity contribution in [2.45, 2.75) is 11.4 Å². The number of piperazine rings is 1. The zero-order valence-corrected chi connectivity index (χ0v) is 19.7. The van der Waals surface area contributed by atoms with Gasteiger partial charge in [0, 0.05) is 50.2 Å². The van der Waals surface area contributed by atoms with Crippen LogP contribution in [0.25, 0.3) is 0 Å². The minimum Gasteiger partial charge on any atom is -0.368 e. The largest absolute Gasteiger partial charge is 0.368 e. The third-order valence-electron chi connectivity index (χ3n) is 6.19. The molecule has 2 amide bonds. The van der Waals surface area contributed by atoms with Crippen LogP contribution in [0.4, 0.5) is 11.5 Å². The topological polar surface area (TPSA) is 116 Å². The second kappa shape index (κ2) is 9.34. The lowest BCUT2D eigenvalue weighted by molar-refractivity contribution is -0.132. The number of nitrogens with zero attached hydrogens (tertiary/aromatic N) is 5. The van der Waals surface area contributed by atoms with Gasteiger partial charge < -0.3 is 14.7 Å². The molecule has 0 unspecified atom stereocenters. The molecule has 1 aromatic heterocycles. The van der Waals surface area contributed by atoms with E-state index in [-0.39, 0.29) is 29.1 Å². The number of sulfonamides is 1. The maximum Gasteiger partial charge on any atom is 0.263 e. The van der Waals surface area contributed by atoms with Crippen molar-refractivity contribution >= 4 is 33.3 Å². The molecule has 1 fully saturated rings. The molecular formula is C24H24N6O4S. The van der Waals surface area contributed by atoms with Crippen LogP contribution in [0.1, 0.15) is 15.9 Å². The van der Waals surface area contributed by atoms with Crippen LogP contribution >= 0.6 is 0 Å². The standard InChI is InChI=1S/C24H24N6O4S/c31-23(16-30-15-18-3-1-2-4-21(18)24(30)32)29-13-11-28(12-14-29)19-5-7-20(8-6-19)35(33,34)27-22-9-10-25-17-26-22/h1-10,17H,11-16H2,(H,25,26,27). The molecule has 180 valence electrons. The smallest absolute Gasteiger partial charge is 0.263 e. The summed E-state index contributed by atoms with van der Waals surface area (Å²) in [5, 5.41) is 0. The van der Waals surface area contributed by atoms with E-state index in [2.05, 4.69) is 19.6 Å². The zero-order chi connectivity index (χ0) is 24.4. The Kier molecular flexibility index (Phi) is 6.08. The fourth-order valence-electron chi connectivity index (χ4n) is 4.30. The lowest BCUT2D eigenvalue weighted by Crippen LogP contribution is -2.51. The van der Waals surface area contributed by atoms with E-state index in [1.165, 1.54) is 18.6 Å². The van der Waals surface area contributed by atoms with Gasteiger partial charge >= 0.3 is 0 Å². The van der Waals surface area contributed by atoms with Crippen LogP contribution in [-0.4, -0.2) is 72.7 Å². The Morgan fingerprint density at radius 1 is 0.971 bits per heavy atom. The molecule has 3 heterocycles. The van der Waals surface area contributed by atoms with E-state index in [4.69, 9.17) is 0 Å². The summed E-state index contributed by atoms with van der Waals surface area (Å²) in [5.74, 6) is 0.0317. The predicted octanol–water partition coefficient (Wildman–Crippen LogP) is 1.58. The number of carbonyl (C=O) groups is 2. The molecule has 0 aliphatic carbocycles. The van der Waals surface area contributed by atoms with E-state index in [1.54, 1.807) is 40.1 Å². The molecule has 11 heteroatoms. The van der Waals surface area contributed by atoms with Gasteiger partial charge in [0.2, 0.25) is 5.91 Å². The normalized spacial score (nSPS) is 15.8. The summed E-state index contributed by atoms with van der Waals surface area (Å²) in [4.78, 5) is 38.6. The fraction of sp³-hybridized carbons (Fsp3) is 0.250. The first kappa shape index (κ1) is 22.8. The fourth-order valence-corrected chi connectivity index (χ4v) is 5.31. The van der Waals surface area contributed by atoms with Gasteiger partial charge in [-0.3, -0.25) is 14.3 Å². The minimum absolute atomic E-state index is 0.0666. The SMILES string of the molecule is O=C(CN1Cc2ccccc2C1=O)N1CCN(c2ccc(S(=O)(=O)Nc3ccncn3)cc2)CC1. The van der Waals surface area contributed by atoms with Gasteiger partial charge in [-0.15, -0.1) is 0 Å². The van der Waals surface area contributed by atoms with Crippen molar-refractivity contribution < 1.29 is 18.0 Å². The molecule has 3 aromatic rings. The van der Waals surface area contributed by atoms with Crippen LogP contribution in [0.5, 0.6) is 0 Å². The second-order valence-electron chi connectivity index (χ2n) is 8.38. The lowest BCUT2D eigenvalue weighted by Gasteiger charge is -2.36. The number of rotatable bonds is 6. The molecule has 5 rings (SSSR count). The van der Waals surface area contributed by atoms with Crippen LogP contribution in [0, 0.1) is 0 Å². The first-order valence-corrected chi connectivity index (χ1v) is 12.7. The van der Waals surface area contributed by atoms with Gasteiger partial charge in [0.15, 0.2) is 0 Å². The van der Waals surface area contributed by atoms with E-state index >= 15 is 0 Å². The van der Waals surface area contributed by atoms with Crippen LogP contribution in [0.2, 0.25) is 0 Å². The molecule has 2 aromatic carbocycles. The highest BCUT2D eigenvalue weighted by Gasteiger charge is 2.30. The molecule has 1 N–H and O–H groups in total. The molecule has 2 aliphatic heterocycles. The highest BCUT2D eigenvalue weighted by atomic mass is 32.2. The summed E-state index contributed by atoms with van der Waals surface area (Å²) < 4.78 is 27.6. The number of aromatic nitrogens is 2. The summed E-state index contributed by atoms with van der Waals surface area (Å²) in [6.07, 6.45) is 2.73. The monoisotopic (exact) mass is 492 g/mol. The van der Waals surface area contributed by atoms with Gasteiger partial charge in [0.1, 0.15) is 18.7 Å². The predicted molar refractivity (Wildman–Crippen MR) is 129 cm³/mol. The Balaban J connectivity index is 1.15. The third-order valence-corrected chi connectivity index (χ3v) is 7.56. The van der Waals surface area contributed by atoms with E-state index in [0.717, 1.165) is 11.3 Å². The maximum atomic E-state index is 12.8. The number of nitrogens with one attached hydrogen (secondary N) is 1. The first-order valence-electron chi connectivity index (χ1n) is 11.2. The van der Waals surface area contributed by atoms with Crippen molar-refractivity contribution in [2.24, 2.45) is 0 Å². The van der Waals surface area contributed by atoms with Crippen LogP contribution in [-0.2, 0) is 21.4 Å². The van der Waals surface area contributed by atoms with Crippen molar-refractivity contribution in [3.8, 4) is 0 Å². The Morgan fingerprint density at radius 2 is 1.71 bits per heavy atom. The average Bonchev–Trinajstić information content (AvgIpc) is 3.19. The third kappa shape index (κ3) is 4.80. The Bertz CT molecular complexity index is 1340. The molecule has 1 saturated heterocycles. The number of amides is 2. The molecule has 0 atom stereocenters. The molecule has 10 nitrogen and oxygen atoms in total. The van der Waals surface area contributed by atoms with Crippen LogP contribution in [0.3, 0.4) is 0 Å². The molecule has 35 heavy (non-hydrogen) atoms. The number of hydrogen-bond donors (Lipinski definition) is 1. The summed E-state index contributed by atoms with van der Waals surface area (Å²) in [7, 11) is -3.76. The molecule has 2 aliphatic rings. The quantitative estimate of drug-likeness (QED) is 0.555. The van der Waals surface area contributed by atoms with E-state index < -0.39 is 10.0 Å². The number of hydrogen-bond acceptors (Lipinski definition) is 7. The summed E-state index contributed by atoms with van der Waals surface area (Å²) >= 11 is 0. The molecule has 0 spiro atoms. The van der Waals surface area contributed by atoms with Gasteiger partial charge in [-0.1, -0.05) is 18.2 Å². The van der Waals surface area contributed by atoms with Crippen LogP contribution in [0.15, 0.2) is 72.0 Å². The Hall–Kier alpha value is -3.99. The highest BCUT2D eigenvalue weighted by Crippen LogP contribution is 2.23. The number of fused-ring (bicyclic) bond motifs is 1. The highest BCUT2D eigenvalue weighted by molar-refractivity contribution is 7.92. The zero-order valence-electron chi connectivity index (χ0n) is 18.9. The van der Waals surface area contributed by atoms with Crippen molar-refractivity contribution in [2.75, 3.05) is 42.3 Å². The lowest BCUT2D eigenvalue weighted by atomic mass is 10.1. The second-order valence-corrected chi connectivity index (χ2v) is 10.1. The Labute approximate surface area is 203 Å². The molecule has 0 radical (unpaired) electrons. The van der Waals surface area contributed by atoms with Gasteiger partial charge in [-0.2, -0.15) is 0 Å². The number of anilines is 2. The molecule has 0 saturated carbocycles. The Morgan fingerprint density at radius 3 is 2.40 bits per heavy atom. The van der Waals surface area contributed by atoms with Crippen molar-refractivity contribution in [1.82, 2.24) is 19.8 Å². The summed E-state index contributed by atoms with van der Waals surface area (Å²) in [6.45, 7) is 2.82. The van der Waals surface area contributed by atoms with Gasteiger partial charge in [0.05, 0.1) is 4.90 Å². The van der Waals surface area contributed by atoms with Crippen molar-refractivity contribution in [3.05, 3.63) is 78.2 Å². The van der Waals surface area contributed by atoms with E-state index in [0.29, 0.717) is 38.3 Å². The minimum atomic E-state index is -3.76. The molecular weight excluding hydrogens is 468 g/mol. The van der Waals surface area contributed by atoms with Crippen molar-refractivity contribution in [1.29, 1.82) is 0 Å². The summed E-state index contributed by atoms with van der Waals surface area (Å²) in [5.41, 5.74) is 2.50. The average molecular weight is 493 g/mol. The van der Waals surface area contributed by atoms with E-state index in [1.807, 2.05) is 18.2 Å².